The highest BCUT2D eigenvalue weighted by atomic mass is 35.5. The molecule has 2 N–H and O–H groups in total. The van der Waals surface area contributed by atoms with Crippen LogP contribution >= 0.6 is 34.3 Å². The van der Waals surface area contributed by atoms with Gasteiger partial charge in [0.1, 0.15) is 5.69 Å². The van der Waals surface area contributed by atoms with Crippen LogP contribution < -0.4 is 15.6 Å². The van der Waals surface area contributed by atoms with E-state index in [1.54, 1.807) is 59.0 Å². The van der Waals surface area contributed by atoms with Gasteiger partial charge in [-0.05, 0) is 35.9 Å². The van der Waals surface area contributed by atoms with E-state index in [4.69, 9.17) is 21.4 Å². The van der Waals surface area contributed by atoms with Gasteiger partial charge < -0.3 is 19.7 Å². The van der Waals surface area contributed by atoms with E-state index in [1.165, 1.54) is 40.5 Å². The van der Waals surface area contributed by atoms with E-state index in [9.17, 15) is 14.7 Å². The fraction of sp³-hybridized carbons (Fsp3) is 0.129. The first-order valence-corrected chi connectivity index (χ1v) is 15.5. The molecule has 1 aromatic carbocycles. The number of aromatic nitrogens is 5. The zero-order valence-corrected chi connectivity index (χ0v) is 25.7. The molecular weight excluding hydrogens is 620 g/mol. The molecule has 0 radical (unpaired) electrons. The standard InChI is InChI=1S/C31H25ClN6O4S2/c1-42-29-28(24-11-27(40)37(14-22-17-43-18-35-22)15-25(24)21-3-2-10-33-12-21)36-38(30(29)34-13-23-8-9-26(32)44-23)31(41)20-6-4-19(16-39)5-7-20/h2-12,15,17-18,34,39H,13-14,16H2,1H3. The van der Waals surface area contributed by atoms with Crippen molar-refractivity contribution >= 4 is 46.0 Å². The summed E-state index contributed by atoms with van der Waals surface area (Å²) in [4.78, 5) is 36.9. The lowest BCUT2D eigenvalue weighted by molar-refractivity contribution is 0.0947. The number of methoxy groups -OCH3 is 1. The van der Waals surface area contributed by atoms with Crippen LogP contribution in [0.3, 0.4) is 0 Å². The van der Waals surface area contributed by atoms with E-state index < -0.39 is 5.91 Å². The third-order valence-electron chi connectivity index (χ3n) is 6.85. The van der Waals surface area contributed by atoms with Crippen molar-refractivity contribution in [1.29, 1.82) is 0 Å². The zero-order valence-electron chi connectivity index (χ0n) is 23.3. The first-order chi connectivity index (χ1) is 21.4. The largest absolute Gasteiger partial charge is 0.491 e. The first kappa shape index (κ1) is 29.5. The smallest absolute Gasteiger partial charge is 0.280 e. The van der Waals surface area contributed by atoms with Crippen molar-refractivity contribution in [3.05, 3.63) is 120 Å². The highest BCUT2D eigenvalue weighted by Crippen LogP contribution is 2.41. The highest BCUT2D eigenvalue weighted by Gasteiger charge is 2.27. The number of hydrogen-bond acceptors (Lipinski definition) is 10. The number of thiophene rings is 1. The molecule has 0 aliphatic carbocycles. The van der Waals surface area contributed by atoms with E-state index >= 15 is 0 Å². The number of aliphatic hydroxyl groups is 1. The normalized spacial score (nSPS) is 11.1. The Labute approximate surface area is 264 Å². The Morgan fingerprint density at radius 2 is 1.98 bits per heavy atom. The molecule has 5 aromatic heterocycles. The number of nitrogens with zero attached hydrogens (tertiary/aromatic N) is 5. The predicted molar refractivity (Wildman–Crippen MR) is 172 cm³/mol. The zero-order chi connectivity index (χ0) is 30.6. The number of rotatable bonds is 10. The molecule has 0 aliphatic heterocycles. The minimum atomic E-state index is -0.425. The van der Waals surface area contributed by atoms with Gasteiger partial charge in [0.15, 0.2) is 11.6 Å². The maximum atomic E-state index is 13.9. The van der Waals surface area contributed by atoms with Crippen molar-refractivity contribution in [3.8, 4) is 28.1 Å². The maximum absolute atomic E-state index is 13.9. The number of halogens is 1. The van der Waals surface area contributed by atoms with Gasteiger partial charge in [-0.15, -0.1) is 22.7 Å². The minimum absolute atomic E-state index is 0.143. The molecule has 6 aromatic rings. The van der Waals surface area contributed by atoms with Crippen molar-refractivity contribution in [3.63, 3.8) is 0 Å². The summed E-state index contributed by atoms with van der Waals surface area (Å²) in [7, 11) is 1.49. The quantitative estimate of drug-likeness (QED) is 0.192. The Morgan fingerprint density at radius 1 is 1.14 bits per heavy atom. The fourth-order valence-corrected chi connectivity index (χ4v) is 6.28. The third kappa shape index (κ3) is 6.06. The van der Waals surface area contributed by atoms with Gasteiger partial charge in [0.2, 0.25) is 0 Å². The fourth-order valence-electron chi connectivity index (χ4n) is 4.70. The lowest BCUT2D eigenvalue weighted by Gasteiger charge is -2.13. The molecule has 222 valence electrons. The SMILES string of the molecule is COc1c(-c2cc(=O)n(Cc3cscn3)cc2-c2cccnc2)nn(C(=O)c2ccc(CO)cc2)c1NCc1ccc(Cl)s1. The molecule has 0 saturated heterocycles. The van der Waals surface area contributed by atoms with Crippen LogP contribution in [0, 0.1) is 0 Å². The van der Waals surface area contributed by atoms with Crippen LogP contribution in [-0.4, -0.2) is 42.4 Å². The summed E-state index contributed by atoms with van der Waals surface area (Å²) in [6.07, 6.45) is 5.12. The lowest BCUT2D eigenvalue weighted by atomic mass is 10.0. The topological polar surface area (TPSA) is 124 Å². The maximum Gasteiger partial charge on any atom is 0.280 e. The number of carbonyl (C=O) groups excluding carboxylic acids is 1. The number of aliphatic hydroxyl groups excluding tert-OH is 1. The molecule has 0 fully saturated rings. The predicted octanol–water partition coefficient (Wildman–Crippen LogP) is 5.80. The van der Waals surface area contributed by atoms with E-state index in [1.807, 2.05) is 23.6 Å². The van der Waals surface area contributed by atoms with Crippen LogP contribution in [0.25, 0.3) is 22.4 Å². The van der Waals surface area contributed by atoms with Crippen LogP contribution in [0.5, 0.6) is 5.75 Å². The highest BCUT2D eigenvalue weighted by molar-refractivity contribution is 7.16. The number of nitrogens with one attached hydrogen (secondary N) is 1. The molecule has 0 saturated carbocycles. The summed E-state index contributed by atoms with van der Waals surface area (Å²) in [5, 5.41) is 19.4. The summed E-state index contributed by atoms with van der Waals surface area (Å²) in [6, 6.07) is 15.5. The molecule has 0 aliphatic rings. The van der Waals surface area contributed by atoms with Crippen molar-refractivity contribution < 1.29 is 14.6 Å². The van der Waals surface area contributed by atoms with Crippen LogP contribution in [0.4, 0.5) is 5.82 Å². The number of pyridine rings is 2. The Balaban J connectivity index is 1.52. The van der Waals surface area contributed by atoms with Crippen LogP contribution in [0.15, 0.2) is 88.9 Å². The summed E-state index contributed by atoms with van der Waals surface area (Å²) in [5.41, 5.74) is 5.44. The van der Waals surface area contributed by atoms with E-state index in [-0.39, 0.29) is 17.9 Å². The first-order valence-electron chi connectivity index (χ1n) is 13.4. The number of thiazole rings is 1. The summed E-state index contributed by atoms with van der Waals surface area (Å²) >= 11 is 9.03. The van der Waals surface area contributed by atoms with Gasteiger partial charge in [-0.1, -0.05) is 29.8 Å². The van der Waals surface area contributed by atoms with E-state index in [0.29, 0.717) is 51.2 Å². The van der Waals surface area contributed by atoms with Gasteiger partial charge in [0.25, 0.3) is 11.5 Å². The molecule has 0 bridgehead atoms. The van der Waals surface area contributed by atoms with Crippen molar-refractivity contribution in [1.82, 2.24) is 24.3 Å². The molecule has 13 heteroatoms. The number of anilines is 1. The molecule has 6 rings (SSSR count). The average Bonchev–Trinajstić information content (AvgIpc) is 3.81. The van der Waals surface area contributed by atoms with Gasteiger partial charge in [0, 0.05) is 57.2 Å². The average molecular weight is 645 g/mol. The van der Waals surface area contributed by atoms with Gasteiger partial charge in [-0.3, -0.25) is 14.6 Å². The summed E-state index contributed by atoms with van der Waals surface area (Å²) in [5.74, 6) is 0.173. The molecule has 10 nitrogen and oxygen atoms in total. The Bertz CT molecular complexity index is 1970. The molecule has 44 heavy (non-hydrogen) atoms. The lowest BCUT2D eigenvalue weighted by Crippen LogP contribution is -2.20. The van der Waals surface area contributed by atoms with Crippen LogP contribution in [-0.2, 0) is 19.7 Å². The van der Waals surface area contributed by atoms with Crippen LogP contribution in [0.1, 0.15) is 26.5 Å². The van der Waals surface area contributed by atoms with Crippen LogP contribution in [0.2, 0.25) is 4.34 Å². The molecule has 0 atom stereocenters. The number of benzene rings is 1. The van der Waals surface area contributed by atoms with Gasteiger partial charge >= 0.3 is 0 Å². The van der Waals surface area contributed by atoms with Crippen molar-refractivity contribution in [2.45, 2.75) is 19.7 Å². The van der Waals surface area contributed by atoms with Gasteiger partial charge in [0.05, 0.1) is 42.3 Å². The van der Waals surface area contributed by atoms with E-state index in [0.717, 1.165) is 16.1 Å². The number of ether oxygens (including phenoxy) is 1. The third-order valence-corrected chi connectivity index (χ3v) is 8.72. The van der Waals surface area contributed by atoms with E-state index in [2.05, 4.69) is 15.3 Å². The monoisotopic (exact) mass is 644 g/mol. The Kier molecular flexibility index (Phi) is 8.66. The molecule has 0 amide bonds. The molecule has 0 spiro atoms. The Morgan fingerprint density at radius 3 is 2.64 bits per heavy atom. The van der Waals surface area contributed by atoms with Crippen molar-refractivity contribution in [2.75, 3.05) is 12.4 Å². The Hall–Kier alpha value is -4.62. The second kappa shape index (κ2) is 12.9. The summed E-state index contributed by atoms with van der Waals surface area (Å²) in [6.45, 7) is 0.496. The number of hydrogen-bond donors (Lipinski definition) is 2. The number of carbonyl (C=O) groups is 1. The van der Waals surface area contributed by atoms with Gasteiger partial charge in [-0.2, -0.15) is 9.78 Å². The minimum Gasteiger partial charge on any atom is -0.491 e. The van der Waals surface area contributed by atoms with Gasteiger partial charge in [-0.25, -0.2) is 4.98 Å². The molecule has 0 unspecified atom stereocenters. The summed E-state index contributed by atoms with van der Waals surface area (Å²) < 4.78 is 9.35. The molecule has 5 heterocycles. The second-order valence-electron chi connectivity index (χ2n) is 9.65. The second-order valence-corrected chi connectivity index (χ2v) is 12.2. The van der Waals surface area contributed by atoms with Crippen molar-refractivity contribution in [2.24, 2.45) is 0 Å². The molecular formula is C31H25ClN6O4S2.